The fourth-order valence-corrected chi connectivity index (χ4v) is 0.999. The van der Waals surface area contributed by atoms with Crippen molar-refractivity contribution in [2.24, 2.45) is 0 Å². The molecule has 0 aliphatic heterocycles. The molecule has 0 aliphatic rings. The van der Waals surface area contributed by atoms with Crippen LogP contribution in [0.1, 0.15) is 14.5 Å². The quantitative estimate of drug-likeness (QED) is 0.711. The Morgan fingerprint density at radius 3 is 3.18 bits per heavy atom. The lowest BCUT2D eigenvalue weighted by Gasteiger charge is -2.01. The van der Waals surface area contributed by atoms with Gasteiger partial charge in [-0.1, -0.05) is 6.07 Å². The summed E-state index contributed by atoms with van der Waals surface area (Å²) >= 11 is 3.12. The van der Waals surface area contributed by atoms with Gasteiger partial charge in [0, 0.05) is 5.56 Å². The van der Waals surface area contributed by atoms with Crippen LogP contribution in [0.15, 0.2) is 22.7 Å². The van der Waals surface area contributed by atoms with Crippen LogP contribution in [0, 0.1) is 0 Å². The molecular weight excluding hydrogens is 208 g/mol. The molecule has 11 heavy (non-hydrogen) atoms. The fraction of sp³-hybridized carbons (Fsp3) is 0.125. The van der Waals surface area contributed by atoms with Gasteiger partial charge in [-0.3, -0.25) is 4.79 Å². The topological polar surface area (TPSA) is 26.3 Å². The highest BCUT2D eigenvalue weighted by Crippen LogP contribution is 2.24. The Hall–Kier alpha value is -0.830. The molecule has 3 heteroatoms. The summed E-state index contributed by atoms with van der Waals surface area (Å²) in [7, 11) is -2.51. The molecule has 0 saturated carbocycles. The summed E-state index contributed by atoms with van der Waals surface area (Å²) in [5, 5.41) is 0. The van der Waals surface area contributed by atoms with E-state index in [1.165, 1.54) is 6.07 Å². The van der Waals surface area contributed by atoms with E-state index in [9.17, 15) is 4.79 Å². The molecule has 0 heterocycles. The van der Waals surface area contributed by atoms with Crippen LogP contribution in [0.5, 0.6) is 5.75 Å². The number of ether oxygens (including phenoxy) is 1. The summed E-state index contributed by atoms with van der Waals surface area (Å²) in [6.07, 6.45) is 0.624. The van der Waals surface area contributed by atoms with Crippen LogP contribution < -0.4 is 4.74 Å². The number of methoxy groups -OCH3 is 1. The predicted octanol–water partition coefficient (Wildman–Crippen LogP) is 2.27. The molecule has 0 bridgehead atoms. The van der Waals surface area contributed by atoms with Gasteiger partial charge in [0.1, 0.15) is 12.0 Å². The van der Waals surface area contributed by atoms with Crippen LogP contribution in [-0.4, -0.2) is 13.3 Å². The van der Waals surface area contributed by atoms with Crippen molar-refractivity contribution in [3.63, 3.8) is 0 Å². The van der Waals surface area contributed by atoms with Crippen molar-refractivity contribution in [1.82, 2.24) is 0 Å². The van der Waals surface area contributed by atoms with Crippen molar-refractivity contribution in [2.75, 3.05) is 7.04 Å². The maximum absolute atomic E-state index is 10.4. The predicted molar refractivity (Wildman–Crippen MR) is 46.1 cm³/mol. The van der Waals surface area contributed by atoms with E-state index in [1.54, 1.807) is 12.1 Å². The number of carbonyl (C=O) groups excluding carboxylic acids is 1. The van der Waals surface area contributed by atoms with Crippen molar-refractivity contribution in [3.8, 4) is 5.75 Å². The van der Waals surface area contributed by atoms with Crippen LogP contribution in [0.2, 0.25) is 0 Å². The molecule has 0 N–H and O–H groups in total. The zero-order valence-electron chi connectivity index (χ0n) is 8.50. The molecule has 0 unspecified atom stereocenters. The van der Waals surface area contributed by atoms with Gasteiger partial charge in [-0.2, -0.15) is 0 Å². The van der Waals surface area contributed by atoms with Gasteiger partial charge in [0.15, 0.2) is 0 Å². The Bertz CT molecular complexity index is 349. The molecule has 0 fully saturated rings. The van der Waals surface area contributed by atoms with Gasteiger partial charge < -0.3 is 4.74 Å². The van der Waals surface area contributed by atoms with Crippen LogP contribution in [0.4, 0.5) is 0 Å². The molecule has 0 radical (unpaired) electrons. The van der Waals surface area contributed by atoms with Gasteiger partial charge in [0.25, 0.3) is 0 Å². The Balaban J connectivity index is 3.01. The summed E-state index contributed by atoms with van der Waals surface area (Å²) < 4.78 is 25.9. The van der Waals surface area contributed by atoms with Gasteiger partial charge in [0.05, 0.1) is 15.6 Å². The van der Waals surface area contributed by atoms with Crippen LogP contribution in [0.25, 0.3) is 0 Å². The first-order valence-electron chi connectivity index (χ1n) is 4.36. The van der Waals surface area contributed by atoms with E-state index in [2.05, 4.69) is 20.7 Å². The highest BCUT2D eigenvalue weighted by atomic mass is 79.9. The Morgan fingerprint density at radius 2 is 2.55 bits per heavy atom. The summed E-state index contributed by atoms with van der Waals surface area (Å²) in [6, 6.07) is 4.48. The second kappa shape index (κ2) is 3.53. The lowest BCUT2D eigenvalue weighted by Crippen LogP contribution is -1.86. The number of hydrogen-bond donors (Lipinski definition) is 0. The first-order chi connectivity index (χ1) is 6.42. The van der Waals surface area contributed by atoms with Crippen molar-refractivity contribution in [2.45, 2.75) is 0 Å². The number of rotatable bonds is 2. The van der Waals surface area contributed by atoms with E-state index in [4.69, 9.17) is 4.11 Å². The number of halogens is 1. The van der Waals surface area contributed by atoms with E-state index in [-0.39, 0.29) is 5.75 Å². The highest BCUT2D eigenvalue weighted by Gasteiger charge is 1.99. The normalized spacial score (nSPS) is 14.5. The zero-order valence-corrected chi connectivity index (χ0v) is 7.09. The lowest BCUT2D eigenvalue weighted by molar-refractivity contribution is 0.112. The van der Waals surface area contributed by atoms with E-state index in [0.717, 1.165) is 0 Å². The van der Waals surface area contributed by atoms with Crippen molar-refractivity contribution < 1.29 is 13.6 Å². The summed E-state index contributed by atoms with van der Waals surface area (Å²) in [4.78, 5) is 10.4. The minimum absolute atomic E-state index is 0.134. The number of aldehydes is 1. The Labute approximate surface area is 77.5 Å². The maximum atomic E-state index is 10.4. The van der Waals surface area contributed by atoms with Gasteiger partial charge in [-0.15, -0.1) is 0 Å². The number of hydrogen-bond acceptors (Lipinski definition) is 2. The SMILES string of the molecule is [2H]C([2H])([2H])Oc1cc(C=O)ccc1Br. The molecule has 1 rings (SSSR count). The molecule has 1 aromatic carbocycles. The van der Waals surface area contributed by atoms with Crippen LogP contribution >= 0.6 is 15.9 Å². The lowest BCUT2D eigenvalue weighted by atomic mass is 10.2. The molecule has 2 nitrogen and oxygen atoms in total. The standard InChI is InChI=1S/C8H7BrO2/c1-11-8-4-6(5-10)2-3-7(8)9/h2-5H,1H3/i1D3. The first kappa shape index (κ1) is 4.93. The van der Waals surface area contributed by atoms with Gasteiger partial charge in [0.2, 0.25) is 0 Å². The highest BCUT2D eigenvalue weighted by molar-refractivity contribution is 9.10. The number of carbonyl (C=O) groups is 1. The third-order valence-electron chi connectivity index (χ3n) is 1.20. The second-order valence-corrected chi connectivity index (χ2v) is 2.76. The average molecular weight is 218 g/mol. The minimum atomic E-state index is -2.51. The van der Waals surface area contributed by atoms with E-state index < -0.39 is 7.04 Å². The molecular formula is C8H7BrO2. The summed E-state index contributed by atoms with van der Waals surface area (Å²) in [5.41, 5.74) is 0.368. The van der Waals surface area contributed by atoms with E-state index in [1.807, 2.05) is 0 Å². The van der Waals surface area contributed by atoms with Crippen molar-refractivity contribution in [1.29, 1.82) is 0 Å². The summed E-state index contributed by atoms with van der Waals surface area (Å²) in [5.74, 6) is 0.134. The third kappa shape index (κ3) is 1.80. The largest absolute Gasteiger partial charge is 0.496 e. The van der Waals surface area contributed by atoms with E-state index in [0.29, 0.717) is 16.3 Å². The van der Waals surface area contributed by atoms with E-state index >= 15 is 0 Å². The molecule has 0 atom stereocenters. The third-order valence-corrected chi connectivity index (χ3v) is 1.86. The second-order valence-electron chi connectivity index (χ2n) is 1.91. The first-order valence-corrected chi connectivity index (χ1v) is 3.65. The van der Waals surface area contributed by atoms with Crippen molar-refractivity contribution >= 4 is 22.2 Å². The molecule has 0 saturated heterocycles. The molecule has 0 spiro atoms. The van der Waals surface area contributed by atoms with Gasteiger partial charge in [-0.05, 0) is 28.1 Å². The fourth-order valence-electron chi connectivity index (χ4n) is 0.671. The van der Waals surface area contributed by atoms with Crippen LogP contribution in [-0.2, 0) is 0 Å². The van der Waals surface area contributed by atoms with Crippen LogP contribution in [0.3, 0.4) is 0 Å². The minimum Gasteiger partial charge on any atom is -0.496 e. The molecule has 58 valence electrons. The zero-order chi connectivity index (χ0) is 10.8. The molecule has 0 amide bonds. The average Bonchev–Trinajstić information content (AvgIpc) is 2.06. The Kier molecular flexibility index (Phi) is 1.58. The maximum Gasteiger partial charge on any atom is 0.150 e. The number of benzene rings is 1. The van der Waals surface area contributed by atoms with Gasteiger partial charge >= 0.3 is 0 Å². The van der Waals surface area contributed by atoms with Crippen molar-refractivity contribution in [3.05, 3.63) is 28.2 Å². The molecule has 0 aliphatic carbocycles. The molecule has 1 aromatic rings. The van der Waals surface area contributed by atoms with Gasteiger partial charge in [-0.25, -0.2) is 0 Å². The Morgan fingerprint density at radius 1 is 1.73 bits per heavy atom. The molecule has 0 aromatic heterocycles. The smallest absolute Gasteiger partial charge is 0.150 e. The monoisotopic (exact) mass is 217 g/mol. The summed E-state index contributed by atoms with van der Waals surface area (Å²) in [6.45, 7) is 0.